The first kappa shape index (κ1) is 13.0. The van der Waals surface area contributed by atoms with E-state index in [1.807, 2.05) is 0 Å². The van der Waals surface area contributed by atoms with Gasteiger partial charge in [-0.2, -0.15) is 5.92 Å². The molecule has 0 heterocycles. The van der Waals surface area contributed by atoms with Crippen LogP contribution in [0.5, 0.6) is 0 Å². The molecule has 0 aromatic rings. The Morgan fingerprint density at radius 2 is 2.10 bits per heavy atom. The van der Waals surface area contributed by atoms with Crippen LogP contribution >= 0.6 is 0 Å². The van der Waals surface area contributed by atoms with Crippen LogP contribution in [-0.2, 0) is 0 Å². The zero-order chi connectivity index (χ0) is 7.28. The van der Waals surface area contributed by atoms with E-state index >= 15 is 0 Å². The van der Waals surface area contributed by atoms with Crippen LogP contribution in [0, 0.1) is 12.8 Å². The van der Waals surface area contributed by atoms with Gasteiger partial charge in [-0.1, -0.05) is 25.3 Å². The molecule has 0 aliphatic carbocycles. The number of allylic oxidation sites excluding steroid dienone is 1. The van der Waals surface area contributed by atoms with Crippen molar-refractivity contribution in [2.45, 2.75) is 33.1 Å². The van der Waals surface area contributed by atoms with Crippen LogP contribution in [0.2, 0.25) is 0 Å². The molecule has 0 radical (unpaired) electrons. The van der Waals surface area contributed by atoms with E-state index in [0.717, 1.165) is 0 Å². The molecule has 0 N–H and O–H groups in total. The Labute approximate surface area is 77.3 Å². The van der Waals surface area contributed by atoms with Crippen LogP contribution in [-0.4, -0.2) is 0 Å². The standard InChI is InChI=1S/C9H17.Li/c1-8(2)6-5-7-9(3)4;/h8H,1,3,5-7H2,2,4H3;/q-1;+1. The summed E-state index contributed by atoms with van der Waals surface area (Å²) in [5.74, 6) is 0.601. The maximum Gasteiger partial charge on any atom is 1.00 e. The van der Waals surface area contributed by atoms with Gasteiger partial charge in [0.1, 0.15) is 0 Å². The summed E-state index contributed by atoms with van der Waals surface area (Å²) in [6, 6.07) is 0. The molecule has 54 valence electrons. The Hall–Kier alpha value is 0.337. The third kappa shape index (κ3) is 11.2. The minimum absolute atomic E-state index is 0. The first-order chi connectivity index (χ1) is 4.13. The monoisotopic (exact) mass is 132 g/mol. The molecule has 0 saturated heterocycles. The van der Waals surface area contributed by atoms with Gasteiger partial charge in [0.2, 0.25) is 0 Å². The second-order valence-electron chi connectivity index (χ2n) is 2.95. The molecule has 1 heteroatoms. The van der Waals surface area contributed by atoms with Crippen LogP contribution in [0.3, 0.4) is 0 Å². The Kier molecular flexibility index (Phi) is 9.65. The molecule has 1 atom stereocenters. The fourth-order valence-electron chi connectivity index (χ4n) is 0.752. The average Bonchev–Trinajstić information content (AvgIpc) is 1.63. The van der Waals surface area contributed by atoms with Crippen molar-refractivity contribution in [1.82, 2.24) is 0 Å². The van der Waals surface area contributed by atoms with E-state index < -0.39 is 0 Å². The third-order valence-electron chi connectivity index (χ3n) is 1.30. The molecule has 0 aromatic heterocycles. The summed E-state index contributed by atoms with van der Waals surface area (Å²) in [6.07, 6.45) is 3.65. The van der Waals surface area contributed by atoms with Crippen LogP contribution in [0.15, 0.2) is 12.2 Å². The first-order valence-corrected chi connectivity index (χ1v) is 3.60. The van der Waals surface area contributed by atoms with Crippen molar-refractivity contribution in [3.05, 3.63) is 19.1 Å². The van der Waals surface area contributed by atoms with E-state index in [4.69, 9.17) is 0 Å². The van der Waals surface area contributed by atoms with Gasteiger partial charge in [-0.15, -0.1) is 6.58 Å². The molecule has 0 bridgehead atoms. The van der Waals surface area contributed by atoms with Crippen LogP contribution < -0.4 is 18.9 Å². The fourth-order valence-corrected chi connectivity index (χ4v) is 0.752. The Bertz CT molecular complexity index is 84.7. The number of hydrogen-bond donors (Lipinski definition) is 0. The maximum atomic E-state index is 3.91. The molecule has 0 fully saturated rings. The van der Waals surface area contributed by atoms with Crippen LogP contribution in [0.1, 0.15) is 33.1 Å². The summed E-state index contributed by atoms with van der Waals surface area (Å²) in [7, 11) is 0. The Balaban J connectivity index is 0. The van der Waals surface area contributed by atoms with E-state index in [1.165, 1.54) is 24.8 Å². The molecule has 0 aromatic carbocycles. The van der Waals surface area contributed by atoms with Gasteiger partial charge in [0.05, 0.1) is 0 Å². The zero-order valence-electron chi connectivity index (χ0n) is 7.61. The van der Waals surface area contributed by atoms with E-state index in [9.17, 15) is 0 Å². The third-order valence-corrected chi connectivity index (χ3v) is 1.30. The summed E-state index contributed by atoms with van der Waals surface area (Å²) in [6.45, 7) is 12.0. The second-order valence-corrected chi connectivity index (χ2v) is 2.95. The quantitative estimate of drug-likeness (QED) is 0.291. The van der Waals surface area contributed by atoms with Gasteiger partial charge in [-0.25, -0.2) is 0 Å². The zero-order valence-corrected chi connectivity index (χ0v) is 7.61. The van der Waals surface area contributed by atoms with Crippen molar-refractivity contribution in [2.75, 3.05) is 0 Å². The minimum atomic E-state index is 0. The fraction of sp³-hybridized carbons (Fsp3) is 0.667. The minimum Gasteiger partial charge on any atom is -0.341 e. The van der Waals surface area contributed by atoms with E-state index in [-0.39, 0.29) is 18.9 Å². The predicted molar refractivity (Wildman–Crippen MR) is 43.2 cm³/mol. The molecule has 0 spiro atoms. The predicted octanol–water partition coefficient (Wildman–Crippen LogP) is 0.207. The van der Waals surface area contributed by atoms with E-state index in [0.29, 0.717) is 5.92 Å². The van der Waals surface area contributed by atoms with Gasteiger partial charge in [-0.05, 0) is 13.3 Å². The SMILES string of the molecule is C=C(C)CCCC([CH2-])C.[Li+]. The normalized spacial score (nSPS) is 11.9. The molecule has 0 aliphatic heterocycles. The van der Waals surface area contributed by atoms with Crippen molar-refractivity contribution in [3.63, 3.8) is 0 Å². The second kappa shape index (κ2) is 7.44. The smallest absolute Gasteiger partial charge is 0.341 e. The summed E-state index contributed by atoms with van der Waals surface area (Å²) in [4.78, 5) is 0. The van der Waals surface area contributed by atoms with Gasteiger partial charge in [-0.3, -0.25) is 0 Å². The summed E-state index contributed by atoms with van der Waals surface area (Å²) in [5, 5.41) is 0. The van der Waals surface area contributed by atoms with Crippen molar-refractivity contribution < 1.29 is 18.9 Å². The molecule has 0 aliphatic rings. The molecule has 0 amide bonds. The van der Waals surface area contributed by atoms with Crippen molar-refractivity contribution >= 4 is 0 Å². The van der Waals surface area contributed by atoms with Crippen molar-refractivity contribution in [3.8, 4) is 0 Å². The molecule has 0 nitrogen and oxygen atoms in total. The summed E-state index contributed by atoms with van der Waals surface area (Å²) in [5.41, 5.74) is 1.29. The molecule has 0 saturated carbocycles. The number of rotatable bonds is 4. The van der Waals surface area contributed by atoms with Crippen LogP contribution in [0.4, 0.5) is 0 Å². The average molecular weight is 132 g/mol. The molecule has 1 unspecified atom stereocenters. The van der Waals surface area contributed by atoms with E-state index in [1.54, 1.807) is 0 Å². The van der Waals surface area contributed by atoms with Crippen molar-refractivity contribution in [1.29, 1.82) is 0 Å². The topological polar surface area (TPSA) is 0 Å². The molecule has 10 heavy (non-hydrogen) atoms. The maximum absolute atomic E-state index is 3.91. The molecule has 0 rings (SSSR count). The van der Waals surface area contributed by atoms with Gasteiger partial charge < -0.3 is 6.92 Å². The summed E-state index contributed by atoms with van der Waals surface area (Å²) >= 11 is 0. The van der Waals surface area contributed by atoms with Gasteiger partial charge >= 0.3 is 18.9 Å². The van der Waals surface area contributed by atoms with Gasteiger partial charge in [0.15, 0.2) is 0 Å². The largest absolute Gasteiger partial charge is 1.00 e. The molecular weight excluding hydrogens is 115 g/mol. The summed E-state index contributed by atoms with van der Waals surface area (Å²) < 4.78 is 0. The van der Waals surface area contributed by atoms with Gasteiger partial charge in [0.25, 0.3) is 0 Å². The first-order valence-electron chi connectivity index (χ1n) is 3.60. The number of hydrogen-bond acceptors (Lipinski definition) is 0. The Morgan fingerprint density at radius 1 is 1.60 bits per heavy atom. The molecular formula is C9H17Li. The van der Waals surface area contributed by atoms with Crippen molar-refractivity contribution in [2.24, 2.45) is 5.92 Å². The van der Waals surface area contributed by atoms with Gasteiger partial charge in [0, 0.05) is 0 Å². The van der Waals surface area contributed by atoms with E-state index in [2.05, 4.69) is 27.4 Å². The Morgan fingerprint density at radius 3 is 2.40 bits per heavy atom. The van der Waals surface area contributed by atoms with Crippen LogP contribution in [0.25, 0.3) is 0 Å².